The van der Waals surface area contributed by atoms with Crippen LogP contribution in [0.5, 0.6) is 0 Å². The van der Waals surface area contributed by atoms with Gasteiger partial charge in [-0.25, -0.2) is 14.0 Å². The first-order valence-corrected chi connectivity index (χ1v) is 9.78. The zero-order chi connectivity index (χ0) is 21.1. The summed E-state index contributed by atoms with van der Waals surface area (Å²) in [4.78, 5) is 41.2. The smallest absolute Gasteiger partial charge is 0.306 e. The standard InChI is InChI=1S/C21H22FN5O3/c22-15-5-1-2-6-16(15)23-20(29)25-19(28)13-26-11-9-14(10-12-26)27-18-8-4-3-7-17(18)24-21(27)30/h1-8,14H,9-13H2,(H,24,30)(H2,23,25,28,29). The van der Waals surface area contributed by atoms with Crippen LogP contribution in [0.25, 0.3) is 11.0 Å². The van der Waals surface area contributed by atoms with E-state index in [0.717, 1.165) is 23.9 Å². The summed E-state index contributed by atoms with van der Waals surface area (Å²) in [7, 11) is 0. The van der Waals surface area contributed by atoms with Crippen molar-refractivity contribution in [3.63, 3.8) is 0 Å². The molecule has 1 saturated heterocycles. The molecule has 0 spiro atoms. The first kappa shape index (κ1) is 19.8. The number of urea groups is 1. The number of aromatic amines is 1. The largest absolute Gasteiger partial charge is 0.326 e. The lowest BCUT2D eigenvalue weighted by atomic mass is 10.0. The molecule has 0 saturated carbocycles. The molecule has 1 aromatic heterocycles. The Balaban J connectivity index is 1.30. The number of anilines is 1. The fourth-order valence-corrected chi connectivity index (χ4v) is 3.86. The lowest BCUT2D eigenvalue weighted by Gasteiger charge is -2.31. The van der Waals surface area contributed by atoms with Crippen molar-refractivity contribution in [2.24, 2.45) is 0 Å². The number of aromatic nitrogens is 2. The zero-order valence-electron chi connectivity index (χ0n) is 16.2. The van der Waals surface area contributed by atoms with Crippen molar-refractivity contribution in [2.45, 2.75) is 18.9 Å². The van der Waals surface area contributed by atoms with Gasteiger partial charge in [-0.3, -0.25) is 19.6 Å². The van der Waals surface area contributed by atoms with Gasteiger partial charge in [-0.1, -0.05) is 24.3 Å². The number of imidazole rings is 1. The molecule has 2 heterocycles. The molecule has 0 atom stereocenters. The van der Waals surface area contributed by atoms with Crippen LogP contribution in [-0.4, -0.2) is 46.0 Å². The lowest BCUT2D eigenvalue weighted by Crippen LogP contribution is -2.45. The van der Waals surface area contributed by atoms with Crippen LogP contribution in [0.3, 0.4) is 0 Å². The summed E-state index contributed by atoms with van der Waals surface area (Å²) in [5.74, 6) is -1.04. The van der Waals surface area contributed by atoms with Crippen molar-refractivity contribution in [3.8, 4) is 0 Å². The Kier molecular flexibility index (Phi) is 5.62. The normalized spacial score (nSPS) is 15.2. The minimum atomic E-state index is -0.773. The van der Waals surface area contributed by atoms with E-state index in [2.05, 4.69) is 15.6 Å². The van der Waals surface area contributed by atoms with E-state index in [4.69, 9.17) is 0 Å². The van der Waals surface area contributed by atoms with Gasteiger partial charge in [-0.15, -0.1) is 0 Å². The molecule has 2 aromatic carbocycles. The van der Waals surface area contributed by atoms with Gasteiger partial charge in [-0.05, 0) is 37.1 Å². The summed E-state index contributed by atoms with van der Waals surface area (Å²) < 4.78 is 15.4. The number of piperidine rings is 1. The molecular formula is C21H22FN5O3. The number of amides is 3. The Hall–Kier alpha value is -3.46. The summed E-state index contributed by atoms with van der Waals surface area (Å²) >= 11 is 0. The van der Waals surface area contributed by atoms with Gasteiger partial charge in [0.1, 0.15) is 5.82 Å². The maximum atomic E-state index is 13.6. The van der Waals surface area contributed by atoms with Crippen molar-refractivity contribution in [1.82, 2.24) is 19.8 Å². The summed E-state index contributed by atoms with van der Waals surface area (Å²) in [5.41, 5.74) is 1.57. The van der Waals surface area contributed by atoms with Crippen molar-refractivity contribution < 1.29 is 14.0 Å². The molecular weight excluding hydrogens is 389 g/mol. The number of hydrogen-bond donors (Lipinski definition) is 3. The van der Waals surface area contributed by atoms with Crippen LogP contribution in [0.1, 0.15) is 18.9 Å². The Bertz CT molecular complexity index is 1130. The molecule has 8 nitrogen and oxygen atoms in total. The van der Waals surface area contributed by atoms with Crippen molar-refractivity contribution in [2.75, 3.05) is 25.0 Å². The van der Waals surface area contributed by atoms with Crippen molar-refractivity contribution in [3.05, 3.63) is 64.8 Å². The van der Waals surface area contributed by atoms with Crippen LogP contribution in [-0.2, 0) is 4.79 Å². The fraction of sp³-hybridized carbons (Fsp3) is 0.286. The molecule has 0 bridgehead atoms. The highest BCUT2D eigenvalue weighted by Crippen LogP contribution is 2.24. The number of fused-ring (bicyclic) bond motifs is 1. The van der Waals surface area contributed by atoms with Crippen molar-refractivity contribution in [1.29, 1.82) is 0 Å². The summed E-state index contributed by atoms with van der Waals surface area (Å²) in [5, 5.41) is 4.54. The van der Waals surface area contributed by atoms with E-state index in [1.807, 2.05) is 29.2 Å². The third kappa shape index (κ3) is 4.25. The lowest BCUT2D eigenvalue weighted by molar-refractivity contribution is -0.121. The third-order valence-corrected chi connectivity index (χ3v) is 5.29. The zero-order valence-corrected chi connectivity index (χ0v) is 16.2. The molecule has 30 heavy (non-hydrogen) atoms. The summed E-state index contributed by atoms with van der Waals surface area (Å²) in [6, 6.07) is 12.6. The van der Waals surface area contributed by atoms with Crippen molar-refractivity contribution >= 4 is 28.7 Å². The van der Waals surface area contributed by atoms with Gasteiger partial charge in [0.2, 0.25) is 5.91 Å². The molecule has 1 aliphatic rings. The van der Waals surface area contributed by atoms with Crippen LogP contribution < -0.4 is 16.3 Å². The predicted molar refractivity (Wildman–Crippen MR) is 111 cm³/mol. The van der Waals surface area contributed by atoms with E-state index in [1.165, 1.54) is 18.2 Å². The highest BCUT2D eigenvalue weighted by atomic mass is 19.1. The van der Waals surface area contributed by atoms with E-state index in [0.29, 0.717) is 13.1 Å². The van der Waals surface area contributed by atoms with E-state index in [1.54, 1.807) is 10.6 Å². The highest BCUT2D eigenvalue weighted by molar-refractivity contribution is 6.01. The topological polar surface area (TPSA) is 99.2 Å². The minimum absolute atomic E-state index is 0.00721. The summed E-state index contributed by atoms with van der Waals surface area (Å²) in [6.45, 7) is 1.30. The van der Waals surface area contributed by atoms with Crippen LogP contribution in [0, 0.1) is 5.82 Å². The van der Waals surface area contributed by atoms with Gasteiger partial charge in [0, 0.05) is 19.1 Å². The average Bonchev–Trinajstić information content (AvgIpc) is 3.06. The molecule has 3 amide bonds. The molecule has 3 aromatic rings. The van der Waals surface area contributed by atoms with Crippen LogP contribution >= 0.6 is 0 Å². The predicted octanol–water partition coefficient (Wildman–Crippen LogP) is 2.45. The number of rotatable bonds is 4. The van der Waals surface area contributed by atoms with Gasteiger partial charge < -0.3 is 10.3 Å². The van der Waals surface area contributed by atoms with Crippen LogP contribution in [0.15, 0.2) is 53.3 Å². The minimum Gasteiger partial charge on any atom is -0.306 e. The van der Waals surface area contributed by atoms with Gasteiger partial charge in [-0.2, -0.15) is 0 Å². The SMILES string of the molecule is O=C(CN1CCC(n2c(=O)[nH]c3ccccc32)CC1)NC(=O)Nc1ccccc1F. The molecule has 3 N–H and O–H groups in total. The van der Waals surface area contributed by atoms with E-state index < -0.39 is 17.8 Å². The number of carbonyl (C=O) groups is 2. The number of nitrogens with one attached hydrogen (secondary N) is 3. The Morgan fingerprint density at radius 1 is 1.07 bits per heavy atom. The number of para-hydroxylation sites is 3. The first-order valence-electron chi connectivity index (χ1n) is 9.78. The molecule has 1 aliphatic heterocycles. The number of imide groups is 1. The van der Waals surface area contributed by atoms with Crippen LogP contribution in [0.2, 0.25) is 0 Å². The number of hydrogen-bond acceptors (Lipinski definition) is 4. The molecule has 0 unspecified atom stereocenters. The van der Waals surface area contributed by atoms with Gasteiger partial charge in [0.25, 0.3) is 0 Å². The number of likely N-dealkylation sites (tertiary alicyclic amines) is 1. The average molecular weight is 411 g/mol. The van der Waals surface area contributed by atoms with E-state index in [-0.39, 0.29) is 24.0 Å². The van der Waals surface area contributed by atoms with E-state index >= 15 is 0 Å². The fourth-order valence-electron chi connectivity index (χ4n) is 3.86. The highest BCUT2D eigenvalue weighted by Gasteiger charge is 2.25. The number of nitrogens with zero attached hydrogens (tertiary/aromatic N) is 2. The molecule has 4 rings (SSSR count). The molecule has 9 heteroatoms. The monoisotopic (exact) mass is 411 g/mol. The Morgan fingerprint density at radius 3 is 2.53 bits per heavy atom. The number of halogens is 1. The first-order chi connectivity index (χ1) is 14.5. The second kappa shape index (κ2) is 8.50. The van der Waals surface area contributed by atoms with Gasteiger partial charge in [0.05, 0.1) is 23.3 Å². The Morgan fingerprint density at radius 2 is 1.77 bits per heavy atom. The third-order valence-electron chi connectivity index (χ3n) is 5.29. The molecule has 0 aliphatic carbocycles. The maximum absolute atomic E-state index is 13.6. The van der Waals surface area contributed by atoms with Gasteiger partial charge >= 0.3 is 11.7 Å². The maximum Gasteiger partial charge on any atom is 0.326 e. The second-order valence-corrected chi connectivity index (χ2v) is 7.31. The van der Waals surface area contributed by atoms with Crippen LogP contribution in [0.4, 0.5) is 14.9 Å². The number of carbonyl (C=O) groups excluding carboxylic acids is 2. The summed E-state index contributed by atoms with van der Waals surface area (Å²) in [6.07, 6.45) is 1.44. The number of H-pyrrole nitrogens is 1. The quantitative estimate of drug-likeness (QED) is 0.614. The molecule has 1 fully saturated rings. The second-order valence-electron chi connectivity index (χ2n) is 7.31. The van der Waals surface area contributed by atoms with Gasteiger partial charge in [0.15, 0.2) is 0 Å². The number of benzene rings is 2. The Labute approximate surface area is 171 Å². The molecule has 0 radical (unpaired) electrons. The molecule has 156 valence electrons. The van der Waals surface area contributed by atoms with E-state index in [9.17, 15) is 18.8 Å².